The second-order valence-corrected chi connectivity index (χ2v) is 7.45. The zero-order valence-electron chi connectivity index (χ0n) is 17.6. The summed E-state index contributed by atoms with van der Waals surface area (Å²) in [6, 6.07) is 5.54. The van der Waals surface area contributed by atoms with Gasteiger partial charge in [-0.2, -0.15) is 10.4 Å². The molecule has 1 unspecified atom stereocenters. The van der Waals surface area contributed by atoms with E-state index in [9.17, 15) is 23.2 Å². The number of nitrogens with zero attached hydrogens (tertiary/aromatic N) is 6. The Morgan fingerprint density at radius 3 is 2.85 bits per heavy atom. The van der Waals surface area contributed by atoms with E-state index in [4.69, 9.17) is 10.5 Å². The van der Waals surface area contributed by atoms with Crippen molar-refractivity contribution in [3.8, 4) is 23.2 Å². The molecule has 1 atom stereocenters. The molecular weight excluding hydrogens is 439 g/mol. The van der Waals surface area contributed by atoms with E-state index >= 15 is 0 Å². The molecule has 1 aliphatic heterocycles. The first-order chi connectivity index (χ1) is 15.7. The van der Waals surface area contributed by atoms with Crippen molar-refractivity contribution in [2.75, 3.05) is 12.8 Å². The van der Waals surface area contributed by atoms with Gasteiger partial charge in [0.25, 0.3) is 18.2 Å². The molecular formula is C21H18F3N7O2. The summed E-state index contributed by atoms with van der Waals surface area (Å²) in [5, 5.41) is 13.8. The lowest BCUT2D eigenvalue weighted by molar-refractivity contribution is 0.0776. The van der Waals surface area contributed by atoms with E-state index in [1.165, 1.54) is 30.3 Å². The van der Waals surface area contributed by atoms with Crippen molar-refractivity contribution in [3.05, 3.63) is 52.7 Å². The molecule has 1 amide bonds. The predicted octanol–water partition coefficient (Wildman–Crippen LogP) is 2.92. The van der Waals surface area contributed by atoms with Gasteiger partial charge in [0.15, 0.2) is 5.82 Å². The molecule has 1 aliphatic rings. The van der Waals surface area contributed by atoms with Crippen LogP contribution in [0.25, 0.3) is 11.3 Å². The number of benzene rings is 1. The number of aromatic nitrogens is 4. The smallest absolute Gasteiger partial charge is 0.258 e. The number of halogens is 3. The fraction of sp³-hybridized carbons (Fsp3) is 0.286. The number of hydrogen-bond donors (Lipinski definition) is 1. The number of amides is 1. The fourth-order valence-electron chi connectivity index (χ4n) is 3.65. The van der Waals surface area contributed by atoms with Gasteiger partial charge in [-0.25, -0.2) is 27.8 Å². The van der Waals surface area contributed by atoms with Crippen LogP contribution < -0.4 is 10.5 Å². The highest BCUT2D eigenvalue weighted by Crippen LogP contribution is 2.33. The molecule has 3 heterocycles. The predicted molar refractivity (Wildman–Crippen MR) is 110 cm³/mol. The minimum Gasteiger partial charge on any atom is -0.467 e. The number of carbonyl (C=O) groups is 1. The van der Waals surface area contributed by atoms with Gasteiger partial charge in [0, 0.05) is 18.2 Å². The Balaban J connectivity index is 1.97. The van der Waals surface area contributed by atoms with Gasteiger partial charge < -0.3 is 15.4 Å². The molecule has 0 aliphatic carbocycles. The number of nitrogen functional groups attached to an aromatic ring is 1. The van der Waals surface area contributed by atoms with Crippen LogP contribution in [0.15, 0.2) is 24.4 Å². The molecule has 0 fully saturated rings. The van der Waals surface area contributed by atoms with Gasteiger partial charge in [0.1, 0.15) is 30.2 Å². The number of ether oxygens (including phenoxy) is 1. The first kappa shape index (κ1) is 22.1. The lowest BCUT2D eigenvalue weighted by Crippen LogP contribution is -2.28. The molecule has 9 nitrogen and oxygen atoms in total. The standard InChI is InChI=1S/C21H18F3N7O2/c1-10-13-5-11(22)3-4-12(13)21(32)30(2)8-15-18(14-7-27-19(26)20(28-14)33-10)16(6-25)31(29-15)9-17(23)24/h3-5,7,10,17H,8-9H2,1-2H3,(H2,26,27). The van der Waals surface area contributed by atoms with Crippen LogP contribution in [0.1, 0.15) is 40.3 Å². The van der Waals surface area contributed by atoms with Gasteiger partial charge in [0.2, 0.25) is 0 Å². The van der Waals surface area contributed by atoms with E-state index in [1.54, 1.807) is 6.92 Å². The highest BCUT2D eigenvalue weighted by molar-refractivity contribution is 5.95. The molecule has 1 aromatic carbocycles. The third-order valence-electron chi connectivity index (χ3n) is 5.17. The summed E-state index contributed by atoms with van der Waals surface area (Å²) in [4.78, 5) is 22.9. The van der Waals surface area contributed by atoms with Crippen LogP contribution in [0.5, 0.6) is 5.88 Å². The average Bonchev–Trinajstić information content (AvgIpc) is 3.09. The number of rotatable bonds is 2. The van der Waals surface area contributed by atoms with Crippen LogP contribution in [-0.4, -0.2) is 44.0 Å². The number of nitrogens with two attached hydrogens (primary N) is 1. The minimum absolute atomic E-state index is 0.0795. The van der Waals surface area contributed by atoms with Crippen molar-refractivity contribution in [1.29, 1.82) is 5.26 Å². The molecule has 2 aromatic heterocycles. The summed E-state index contributed by atoms with van der Waals surface area (Å²) in [5.74, 6) is -1.24. The zero-order valence-corrected chi connectivity index (χ0v) is 17.6. The summed E-state index contributed by atoms with van der Waals surface area (Å²) in [5.41, 5.74) is 6.59. The topological polar surface area (TPSA) is 123 Å². The second kappa shape index (κ2) is 8.42. The SMILES string of the molecule is CC1Oc2nc(cnc2N)-c2c(nn(CC(F)F)c2C#N)CN(C)C(=O)c2ccc(F)cc21. The Hall–Kier alpha value is -4.14. The number of alkyl halides is 2. The maximum Gasteiger partial charge on any atom is 0.258 e. The quantitative estimate of drug-likeness (QED) is 0.628. The number of hydrogen-bond acceptors (Lipinski definition) is 7. The van der Waals surface area contributed by atoms with E-state index in [-0.39, 0.29) is 52.0 Å². The van der Waals surface area contributed by atoms with E-state index < -0.39 is 30.8 Å². The summed E-state index contributed by atoms with van der Waals surface area (Å²) < 4.78 is 46.9. The van der Waals surface area contributed by atoms with E-state index in [1.807, 2.05) is 6.07 Å². The Labute approximate surface area is 186 Å². The molecule has 170 valence electrons. The molecule has 2 bridgehead atoms. The molecule has 0 saturated carbocycles. The van der Waals surface area contributed by atoms with Gasteiger partial charge >= 0.3 is 0 Å². The maximum atomic E-state index is 14.0. The van der Waals surface area contributed by atoms with E-state index in [2.05, 4.69) is 15.1 Å². The number of carbonyl (C=O) groups excluding carboxylic acids is 1. The van der Waals surface area contributed by atoms with Crippen molar-refractivity contribution in [2.24, 2.45) is 0 Å². The number of anilines is 1. The molecule has 12 heteroatoms. The van der Waals surface area contributed by atoms with Crippen LogP contribution in [0, 0.1) is 17.1 Å². The highest BCUT2D eigenvalue weighted by Gasteiger charge is 2.28. The molecule has 33 heavy (non-hydrogen) atoms. The Morgan fingerprint density at radius 2 is 2.15 bits per heavy atom. The summed E-state index contributed by atoms with van der Waals surface area (Å²) in [6.07, 6.45) is -2.34. The third kappa shape index (κ3) is 4.05. The van der Waals surface area contributed by atoms with Crippen LogP contribution in [0.4, 0.5) is 19.0 Å². The maximum absolute atomic E-state index is 14.0. The molecule has 0 spiro atoms. The van der Waals surface area contributed by atoms with Gasteiger partial charge in [0.05, 0.1) is 29.7 Å². The van der Waals surface area contributed by atoms with Crippen LogP contribution in [-0.2, 0) is 13.1 Å². The van der Waals surface area contributed by atoms with Crippen molar-refractivity contribution < 1.29 is 22.7 Å². The molecule has 0 radical (unpaired) electrons. The lowest BCUT2D eigenvalue weighted by atomic mass is 10.0. The van der Waals surface area contributed by atoms with Crippen molar-refractivity contribution >= 4 is 11.7 Å². The summed E-state index contributed by atoms with van der Waals surface area (Å²) >= 11 is 0. The van der Waals surface area contributed by atoms with Crippen LogP contribution in [0.2, 0.25) is 0 Å². The zero-order chi connectivity index (χ0) is 23.9. The first-order valence-corrected chi connectivity index (χ1v) is 9.82. The Bertz CT molecular complexity index is 1290. The molecule has 3 aromatic rings. The lowest BCUT2D eigenvalue weighted by Gasteiger charge is -2.23. The summed E-state index contributed by atoms with van der Waals surface area (Å²) in [6.45, 7) is 0.642. The van der Waals surface area contributed by atoms with E-state index in [0.29, 0.717) is 0 Å². The first-order valence-electron chi connectivity index (χ1n) is 9.82. The van der Waals surface area contributed by atoms with Gasteiger partial charge in [-0.1, -0.05) is 0 Å². The normalized spacial score (nSPS) is 15.7. The molecule has 0 saturated heterocycles. The average molecular weight is 457 g/mol. The van der Waals surface area contributed by atoms with Crippen molar-refractivity contribution in [2.45, 2.75) is 32.5 Å². The minimum atomic E-state index is -2.77. The summed E-state index contributed by atoms with van der Waals surface area (Å²) in [7, 11) is 1.48. The van der Waals surface area contributed by atoms with E-state index in [0.717, 1.165) is 10.7 Å². The van der Waals surface area contributed by atoms with Gasteiger partial charge in [-0.15, -0.1) is 0 Å². The largest absolute Gasteiger partial charge is 0.467 e. The Morgan fingerprint density at radius 1 is 1.39 bits per heavy atom. The van der Waals surface area contributed by atoms with Crippen LogP contribution in [0.3, 0.4) is 0 Å². The Kier molecular flexibility index (Phi) is 5.63. The number of nitriles is 1. The van der Waals surface area contributed by atoms with Gasteiger partial charge in [-0.05, 0) is 25.1 Å². The van der Waals surface area contributed by atoms with Crippen molar-refractivity contribution in [1.82, 2.24) is 24.6 Å². The van der Waals surface area contributed by atoms with Crippen molar-refractivity contribution in [3.63, 3.8) is 0 Å². The third-order valence-corrected chi connectivity index (χ3v) is 5.17. The fourth-order valence-corrected chi connectivity index (χ4v) is 3.65. The van der Waals surface area contributed by atoms with Gasteiger partial charge in [-0.3, -0.25) is 4.79 Å². The molecule has 4 rings (SSSR count). The number of fused-ring (bicyclic) bond motifs is 5. The van der Waals surface area contributed by atoms with Crippen LogP contribution >= 0.6 is 0 Å². The highest BCUT2D eigenvalue weighted by atomic mass is 19.3. The monoisotopic (exact) mass is 457 g/mol. The molecule has 2 N–H and O–H groups in total. The second-order valence-electron chi connectivity index (χ2n) is 7.45.